The van der Waals surface area contributed by atoms with Gasteiger partial charge in [-0.1, -0.05) is 13.3 Å². The topological polar surface area (TPSA) is 8.81 Å². The Balaban J connectivity index is 0.00000121. The van der Waals surface area contributed by atoms with Gasteiger partial charge in [0.15, 0.2) is 0 Å². The van der Waals surface area contributed by atoms with Crippen LogP contribution < -0.4 is 17.0 Å². The molecule has 0 saturated carbocycles. The summed E-state index contributed by atoms with van der Waals surface area (Å²) in [4.78, 5) is 0. The van der Waals surface area contributed by atoms with Gasteiger partial charge in [0.25, 0.3) is 0 Å². The van der Waals surface area contributed by atoms with E-state index >= 15 is 0 Å². The van der Waals surface area contributed by atoms with Crippen LogP contribution in [-0.4, -0.2) is 4.57 Å². The molecule has 3 heteroatoms. The molecule has 1 rings (SSSR count). The van der Waals surface area contributed by atoms with Gasteiger partial charge in [-0.2, -0.15) is 0 Å². The Morgan fingerprint density at radius 3 is 2.58 bits per heavy atom. The van der Waals surface area contributed by atoms with E-state index in [1.54, 1.807) is 0 Å². The monoisotopic (exact) mass is 188 g/mol. The molecule has 0 spiro atoms. The summed E-state index contributed by atoms with van der Waals surface area (Å²) in [5.41, 5.74) is 0. The molecule has 0 atom stereocenters. The van der Waals surface area contributed by atoms with E-state index in [0.29, 0.717) is 0 Å². The van der Waals surface area contributed by atoms with Gasteiger partial charge in [0.05, 0.1) is 13.1 Å². The third-order valence-corrected chi connectivity index (χ3v) is 1.88. The Labute approximate surface area is 80.6 Å². The third-order valence-electron chi connectivity index (χ3n) is 1.88. The van der Waals surface area contributed by atoms with Crippen molar-refractivity contribution in [1.82, 2.24) is 4.57 Å². The molecule has 70 valence electrons. The van der Waals surface area contributed by atoms with Crippen molar-refractivity contribution in [3.05, 3.63) is 18.7 Å². The molecule has 0 fully saturated rings. The van der Waals surface area contributed by atoms with E-state index in [-0.39, 0.29) is 12.4 Å². The van der Waals surface area contributed by atoms with Gasteiger partial charge in [-0.25, -0.2) is 9.13 Å². The largest absolute Gasteiger partial charge is 1.00 e. The second-order valence-electron chi connectivity index (χ2n) is 2.84. The number of aromatic nitrogens is 2. The lowest BCUT2D eigenvalue weighted by Gasteiger charge is -1.91. The van der Waals surface area contributed by atoms with Gasteiger partial charge >= 0.3 is 0 Å². The van der Waals surface area contributed by atoms with Gasteiger partial charge in [-0.3, -0.25) is 0 Å². The Hall–Kier alpha value is -0.500. The van der Waals surface area contributed by atoms with E-state index in [9.17, 15) is 0 Å². The highest BCUT2D eigenvalue weighted by Crippen LogP contribution is 1.87. The van der Waals surface area contributed by atoms with E-state index in [1.165, 1.54) is 12.8 Å². The SMILES string of the molecule is CCCC[n+]1ccn(CC)c1.[Cl-]. The van der Waals surface area contributed by atoms with Crippen LogP contribution in [0.5, 0.6) is 0 Å². The molecule has 0 unspecified atom stereocenters. The standard InChI is InChI=1S/C9H17N2.ClH/c1-3-5-6-11-8-7-10(4-2)9-11;/h7-9H,3-6H2,1-2H3;1H/q+1;/p-1. The summed E-state index contributed by atoms with van der Waals surface area (Å²) in [6, 6.07) is 0. The first kappa shape index (κ1) is 11.5. The zero-order valence-corrected chi connectivity index (χ0v) is 8.59. The molecule has 0 N–H and O–H groups in total. The maximum absolute atomic E-state index is 2.24. The second kappa shape index (κ2) is 6.06. The first-order valence-corrected chi connectivity index (χ1v) is 4.41. The summed E-state index contributed by atoms with van der Waals surface area (Å²) in [7, 11) is 0. The van der Waals surface area contributed by atoms with Crippen molar-refractivity contribution in [3.63, 3.8) is 0 Å². The van der Waals surface area contributed by atoms with Crippen LogP contribution >= 0.6 is 0 Å². The molecule has 0 aliphatic rings. The van der Waals surface area contributed by atoms with E-state index in [1.807, 2.05) is 0 Å². The van der Waals surface area contributed by atoms with Crippen molar-refractivity contribution in [3.8, 4) is 0 Å². The molecule has 12 heavy (non-hydrogen) atoms. The lowest BCUT2D eigenvalue weighted by Crippen LogP contribution is -3.00. The molecule has 0 saturated heterocycles. The van der Waals surface area contributed by atoms with Crippen molar-refractivity contribution < 1.29 is 17.0 Å². The number of halogens is 1. The Morgan fingerprint density at radius 1 is 1.33 bits per heavy atom. The van der Waals surface area contributed by atoms with Crippen molar-refractivity contribution in [2.45, 2.75) is 39.8 Å². The Bertz CT molecular complexity index is 208. The van der Waals surface area contributed by atoms with E-state index in [4.69, 9.17) is 0 Å². The highest BCUT2D eigenvalue weighted by atomic mass is 35.5. The van der Waals surface area contributed by atoms with Crippen LogP contribution in [0.4, 0.5) is 0 Å². The average molecular weight is 189 g/mol. The van der Waals surface area contributed by atoms with Crippen LogP contribution in [-0.2, 0) is 13.1 Å². The molecule has 1 aromatic heterocycles. The second-order valence-corrected chi connectivity index (χ2v) is 2.84. The van der Waals surface area contributed by atoms with E-state index in [2.05, 4.69) is 41.7 Å². The van der Waals surface area contributed by atoms with Gasteiger partial charge in [0, 0.05) is 0 Å². The highest BCUT2D eigenvalue weighted by Gasteiger charge is 1.98. The molecular weight excluding hydrogens is 172 g/mol. The molecule has 1 heterocycles. The number of hydrogen-bond donors (Lipinski definition) is 0. The van der Waals surface area contributed by atoms with Gasteiger partial charge in [-0.15, -0.1) is 0 Å². The molecule has 0 amide bonds. The molecular formula is C9H17ClN2. The lowest BCUT2D eigenvalue weighted by atomic mass is 10.3. The fraction of sp³-hybridized carbons (Fsp3) is 0.667. The summed E-state index contributed by atoms with van der Waals surface area (Å²) >= 11 is 0. The number of aryl methyl sites for hydroxylation is 2. The number of imidazole rings is 1. The minimum absolute atomic E-state index is 0. The molecule has 2 nitrogen and oxygen atoms in total. The molecule has 0 aromatic carbocycles. The first-order chi connectivity index (χ1) is 5.36. The van der Waals surface area contributed by atoms with Crippen LogP contribution in [0, 0.1) is 0 Å². The fourth-order valence-electron chi connectivity index (χ4n) is 1.10. The Morgan fingerprint density at radius 2 is 2.08 bits per heavy atom. The molecule has 1 aromatic rings. The van der Waals surface area contributed by atoms with Gasteiger partial charge < -0.3 is 12.4 Å². The quantitative estimate of drug-likeness (QED) is 0.514. The number of rotatable bonds is 4. The van der Waals surface area contributed by atoms with Crippen molar-refractivity contribution in [1.29, 1.82) is 0 Å². The van der Waals surface area contributed by atoms with Crippen LogP contribution in [0.1, 0.15) is 26.7 Å². The van der Waals surface area contributed by atoms with Crippen molar-refractivity contribution in [2.75, 3.05) is 0 Å². The predicted molar refractivity (Wildman–Crippen MR) is 45.2 cm³/mol. The normalized spacial score (nSPS) is 9.50. The minimum Gasteiger partial charge on any atom is -1.00 e. The first-order valence-electron chi connectivity index (χ1n) is 4.41. The smallest absolute Gasteiger partial charge is 0.243 e. The zero-order valence-electron chi connectivity index (χ0n) is 7.83. The molecule has 0 radical (unpaired) electrons. The van der Waals surface area contributed by atoms with Gasteiger partial charge in [0.2, 0.25) is 6.33 Å². The third kappa shape index (κ3) is 3.26. The van der Waals surface area contributed by atoms with Crippen LogP contribution in [0.3, 0.4) is 0 Å². The van der Waals surface area contributed by atoms with Crippen LogP contribution in [0.15, 0.2) is 18.7 Å². The summed E-state index contributed by atoms with van der Waals surface area (Å²) < 4.78 is 4.43. The summed E-state index contributed by atoms with van der Waals surface area (Å²) in [6.07, 6.45) is 8.97. The molecule has 0 aliphatic carbocycles. The molecule has 0 bridgehead atoms. The maximum Gasteiger partial charge on any atom is 0.243 e. The van der Waals surface area contributed by atoms with Gasteiger partial charge in [-0.05, 0) is 13.3 Å². The number of hydrogen-bond acceptors (Lipinski definition) is 0. The van der Waals surface area contributed by atoms with Crippen molar-refractivity contribution in [2.24, 2.45) is 0 Å². The minimum atomic E-state index is 0. The van der Waals surface area contributed by atoms with Gasteiger partial charge in [0.1, 0.15) is 12.4 Å². The fourth-order valence-corrected chi connectivity index (χ4v) is 1.10. The van der Waals surface area contributed by atoms with E-state index < -0.39 is 0 Å². The maximum atomic E-state index is 2.24. The van der Waals surface area contributed by atoms with Crippen LogP contribution in [0.25, 0.3) is 0 Å². The summed E-state index contributed by atoms with van der Waals surface area (Å²) in [5.74, 6) is 0. The number of unbranched alkanes of at least 4 members (excludes halogenated alkanes) is 1. The average Bonchev–Trinajstić information content (AvgIpc) is 2.48. The highest BCUT2D eigenvalue weighted by molar-refractivity contribution is 4.64. The molecule has 0 aliphatic heterocycles. The predicted octanol–water partition coefficient (Wildman–Crippen LogP) is -1.40. The zero-order chi connectivity index (χ0) is 8.10. The van der Waals surface area contributed by atoms with E-state index in [0.717, 1.165) is 13.1 Å². The lowest BCUT2D eigenvalue weighted by molar-refractivity contribution is -0.696. The summed E-state index contributed by atoms with van der Waals surface area (Å²) in [5, 5.41) is 0. The number of nitrogens with zero attached hydrogens (tertiary/aromatic N) is 2. The Kier molecular flexibility index (Phi) is 5.81. The summed E-state index contributed by atoms with van der Waals surface area (Å²) in [6.45, 7) is 6.60. The van der Waals surface area contributed by atoms with Crippen molar-refractivity contribution >= 4 is 0 Å². The van der Waals surface area contributed by atoms with Crippen LogP contribution in [0.2, 0.25) is 0 Å².